The summed E-state index contributed by atoms with van der Waals surface area (Å²) >= 11 is 6.20. The van der Waals surface area contributed by atoms with E-state index in [0.717, 1.165) is 42.6 Å². The molecule has 9 heteroatoms. The molecule has 4 aromatic rings. The molecule has 0 aliphatic carbocycles. The molecule has 32 heavy (non-hydrogen) atoms. The van der Waals surface area contributed by atoms with Crippen molar-refractivity contribution in [2.45, 2.75) is 38.5 Å². The number of para-hydroxylation sites is 1. The van der Waals surface area contributed by atoms with E-state index in [1.165, 1.54) is 0 Å². The van der Waals surface area contributed by atoms with Crippen molar-refractivity contribution in [3.8, 4) is 11.4 Å². The van der Waals surface area contributed by atoms with Gasteiger partial charge in [-0.2, -0.15) is 5.10 Å². The van der Waals surface area contributed by atoms with Crippen molar-refractivity contribution >= 4 is 28.5 Å². The van der Waals surface area contributed by atoms with Crippen molar-refractivity contribution in [1.82, 2.24) is 24.7 Å². The maximum Gasteiger partial charge on any atom is 0.253 e. The van der Waals surface area contributed by atoms with Crippen LogP contribution in [0.1, 0.15) is 44.0 Å². The van der Waals surface area contributed by atoms with Gasteiger partial charge in [-0.05, 0) is 50.5 Å². The normalized spacial score (nSPS) is 17.4. The van der Waals surface area contributed by atoms with Gasteiger partial charge in [-0.3, -0.25) is 4.79 Å². The maximum atomic E-state index is 12.7. The lowest BCUT2D eigenvalue weighted by Crippen LogP contribution is -2.21. The summed E-state index contributed by atoms with van der Waals surface area (Å²) in [6.45, 7) is 2.64. The van der Waals surface area contributed by atoms with Gasteiger partial charge in [0.2, 0.25) is 5.95 Å². The molecule has 1 saturated heterocycles. The van der Waals surface area contributed by atoms with E-state index >= 15 is 0 Å². The Hall–Kier alpha value is -3.23. The van der Waals surface area contributed by atoms with E-state index in [2.05, 4.69) is 25.4 Å². The van der Waals surface area contributed by atoms with Crippen molar-refractivity contribution in [2.24, 2.45) is 0 Å². The minimum atomic E-state index is -0.316. The van der Waals surface area contributed by atoms with Crippen LogP contribution in [0.3, 0.4) is 0 Å². The zero-order valence-electron chi connectivity index (χ0n) is 17.6. The SMILES string of the molecule is C[C@H](Nc1nccc(-c2ccnn2C2CCCCO2)n1)c1cc2cccc(Cl)c2[nH]c1=O. The summed E-state index contributed by atoms with van der Waals surface area (Å²) in [7, 11) is 0. The third-order valence-corrected chi connectivity index (χ3v) is 6.00. The number of aromatic amines is 1. The van der Waals surface area contributed by atoms with Gasteiger partial charge < -0.3 is 15.0 Å². The van der Waals surface area contributed by atoms with E-state index in [0.29, 0.717) is 22.1 Å². The summed E-state index contributed by atoms with van der Waals surface area (Å²) in [5.41, 5.74) is 2.61. The van der Waals surface area contributed by atoms with Crippen LogP contribution in [-0.4, -0.2) is 31.3 Å². The second-order valence-corrected chi connectivity index (χ2v) is 8.28. The highest BCUT2D eigenvalue weighted by Gasteiger charge is 2.21. The van der Waals surface area contributed by atoms with Gasteiger partial charge in [-0.1, -0.05) is 23.7 Å². The summed E-state index contributed by atoms with van der Waals surface area (Å²) in [5.74, 6) is 0.429. The summed E-state index contributed by atoms with van der Waals surface area (Å²) in [6.07, 6.45) is 6.49. The van der Waals surface area contributed by atoms with Crippen molar-refractivity contribution in [3.05, 3.63) is 69.7 Å². The first-order valence-electron chi connectivity index (χ1n) is 10.7. The minimum Gasteiger partial charge on any atom is -0.356 e. The summed E-state index contributed by atoms with van der Waals surface area (Å²) < 4.78 is 7.77. The number of fused-ring (bicyclic) bond motifs is 1. The predicted molar refractivity (Wildman–Crippen MR) is 124 cm³/mol. The highest BCUT2D eigenvalue weighted by Crippen LogP contribution is 2.28. The van der Waals surface area contributed by atoms with Crippen LogP contribution in [0.4, 0.5) is 5.95 Å². The number of hydrogen-bond acceptors (Lipinski definition) is 6. The molecule has 1 aliphatic rings. The van der Waals surface area contributed by atoms with Gasteiger partial charge in [0.05, 0.1) is 28.0 Å². The van der Waals surface area contributed by atoms with E-state index < -0.39 is 0 Å². The van der Waals surface area contributed by atoms with E-state index in [1.54, 1.807) is 18.5 Å². The Balaban J connectivity index is 1.42. The number of hydrogen-bond donors (Lipinski definition) is 2. The molecule has 3 aromatic heterocycles. The number of aromatic nitrogens is 5. The van der Waals surface area contributed by atoms with Gasteiger partial charge in [0.15, 0.2) is 6.23 Å². The first-order valence-corrected chi connectivity index (χ1v) is 11.0. The van der Waals surface area contributed by atoms with E-state index in [1.807, 2.05) is 41.9 Å². The summed E-state index contributed by atoms with van der Waals surface area (Å²) in [6, 6.07) is 10.8. The van der Waals surface area contributed by atoms with Crippen LogP contribution in [-0.2, 0) is 4.74 Å². The number of halogens is 1. The molecule has 1 fully saturated rings. The molecule has 164 valence electrons. The molecule has 5 rings (SSSR count). The fourth-order valence-electron chi connectivity index (χ4n) is 4.04. The van der Waals surface area contributed by atoms with Crippen molar-refractivity contribution in [2.75, 3.05) is 11.9 Å². The third kappa shape index (κ3) is 3.99. The second kappa shape index (κ2) is 8.72. The Kier molecular flexibility index (Phi) is 5.63. The molecule has 0 saturated carbocycles. The van der Waals surface area contributed by atoms with Crippen LogP contribution in [0.15, 0.2) is 53.6 Å². The molecule has 0 spiro atoms. The fourth-order valence-corrected chi connectivity index (χ4v) is 4.27. The number of anilines is 1. The highest BCUT2D eigenvalue weighted by atomic mass is 35.5. The smallest absolute Gasteiger partial charge is 0.253 e. The lowest BCUT2D eigenvalue weighted by molar-refractivity contribution is -0.0384. The van der Waals surface area contributed by atoms with Crippen LogP contribution in [0.25, 0.3) is 22.3 Å². The molecular weight excluding hydrogens is 428 g/mol. The lowest BCUT2D eigenvalue weighted by atomic mass is 10.1. The van der Waals surface area contributed by atoms with Gasteiger partial charge in [-0.15, -0.1) is 0 Å². The Bertz CT molecular complexity index is 1310. The topological polar surface area (TPSA) is 97.7 Å². The number of rotatable bonds is 5. The van der Waals surface area contributed by atoms with Gasteiger partial charge >= 0.3 is 0 Å². The highest BCUT2D eigenvalue weighted by molar-refractivity contribution is 6.35. The van der Waals surface area contributed by atoms with Crippen molar-refractivity contribution in [1.29, 1.82) is 0 Å². The Labute approximate surface area is 189 Å². The Morgan fingerprint density at radius 3 is 3.00 bits per heavy atom. The molecule has 4 heterocycles. The molecular formula is C23H23ClN6O2. The second-order valence-electron chi connectivity index (χ2n) is 7.87. The van der Waals surface area contributed by atoms with Gasteiger partial charge in [0.25, 0.3) is 5.56 Å². The molecule has 1 unspecified atom stereocenters. The predicted octanol–water partition coefficient (Wildman–Crippen LogP) is 4.71. The number of benzene rings is 1. The molecule has 0 amide bonds. The van der Waals surface area contributed by atoms with Crippen LogP contribution < -0.4 is 10.9 Å². The first-order chi connectivity index (χ1) is 15.6. The molecule has 1 aromatic carbocycles. The van der Waals surface area contributed by atoms with Crippen LogP contribution in [0.5, 0.6) is 0 Å². The number of pyridine rings is 1. The standard InChI is InChI=1S/C23H23ClN6O2/c1-14(16-13-15-5-4-6-17(24)21(15)29-22(16)31)27-23-25-10-8-18(28-23)19-9-11-26-30(19)20-7-2-3-12-32-20/h4-6,8-11,13-14,20H,2-3,7,12H2,1H3,(H,29,31)(H,25,27,28)/t14-,20?/m0/s1. The van der Waals surface area contributed by atoms with E-state index in [-0.39, 0.29) is 17.8 Å². The van der Waals surface area contributed by atoms with E-state index in [4.69, 9.17) is 16.3 Å². The minimum absolute atomic E-state index is 0.0815. The average Bonchev–Trinajstić information content (AvgIpc) is 3.30. The Morgan fingerprint density at radius 1 is 1.25 bits per heavy atom. The first kappa shape index (κ1) is 20.7. The number of nitrogens with zero attached hydrogens (tertiary/aromatic N) is 4. The molecule has 1 aliphatic heterocycles. The molecule has 8 nitrogen and oxygen atoms in total. The fraction of sp³-hybridized carbons (Fsp3) is 0.304. The van der Waals surface area contributed by atoms with Crippen LogP contribution in [0.2, 0.25) is 5.02 Å². The summed E-state index contributed by atoms with van der Waals surface area (Å²) in [5, 5.41) is 9.08. The molecule has 0 radical (unpaired) electrons. The van der Waals surface area contributed by atoms with Crippen LogP contribution >= 0.6 is 11.6 Å². The largest absolute Gasteiger partial charge is 0.356 e. The molecule has 2 atom stereocenters. The van der Waals surface area contributed by atoms with Gasteiger partial charge in [0, 0.05) is 30.0 Å². The van der Waals surface area contributed by atoms with E-state index in [9.17, 15) is 4.79 Å². The van der Waals surface area contributed by atoms with Crippen molar-refractivity contribution in [3.63, 3.8) is 0 Å². The number of H-pyrrole nitrogens is 1. The van der Waals surface area contributed by atoms with Gasteiger partial charge in [-0.25, -0.2) is 14.6 Å². The monoisotopic (exact) mass is 450 g/mol. The van der Waals surface area contributed by atoms with Gasteiger partial charge in [0.1, 0.15) is 0 Å². The van der Waals surface area contributed by atoms with Crippen LogP contribution in [0, 0.1) is 0 Å². The number of nitrogens with one attached hydrogen (secondary N) is 2. The maximum absolute atomic E-state index is 12.7. The Morgan fingerprint density at radius 2 is 2.16 bits per heavy atom. The number of ether oxygens (including phenoxy) is 1. The zero-order valence-corrected chi connectivity index (χ0v) is 18.3. The summed E-state index contributed by atoms with van der Waals surface area (Å²) in [4.78, 5) is 24.6. The van der Waals surface area contributed by atoms with Crippen molar-refractivity contribution < 1.29 is 4.74 Å². The zero-order chi connectivity index (χ0) is 22.1. The quantitative estimate of drug-likeness (QED) is 0.457. The molecule has 2 N–H and O–H groups in total. The lowest BCUT2D eigenvalue weighted by Gasteiger charge is -2.24. The molecule has 0 bridgehead atoms. The third-order valence-electron chi connectivity index (χ3n) is 5.69. The average molecular weight is 451 g/mol.